The molecule has 0 saturated heterocycles. The van der Waals surface area contributed by atoms with Gasteiger partial charge in [-0.3, -0.25) is 0 Å². The smallest absolute Gasteiger partial charge is 0.141 e. The molecular formula is C15H26N2O. The standard InChI is InChI=1S/C15H26N2O/c1-4-11-17(12-5-2)13-10-16-14-8-6-7-9-15(14)18-3/h6-9,16H,4-5,10-13H2,1-3H3. The van der Waals surface area contributed by atoms with E-state index in [0.29, 0.717) is 0 Å². The van der Waals surface area contributed by atoms with Crippen molar-refractivity contribution in [2.45, 2.75) is 26.7 Å². The van der Waals surface area contributed by atoms with E-state index in [9.17, 15) is 0 Å². The van der Waals surface area contributed by atoms with Crippen molar-refractivity contribution in [1.29, 1.82) is 0 Å². The molecule has 0 fully saturated rings. The summed E-state index contributed by atoms with van der Waals surface area (Å²) >= 11 is 0. The molecule has 0 aliphatic rings. The largest absolute Gasteiger partial charge is 0.495 e. The molecule has 102 valence electrons. The van der Waals surface area contributed by atoms with Crippen LogP contribution in [0.3, 0.4) is 0 Å². The van der Waals surface area contributed by atoms with Crippen molar-refractivity contribution in [3.05, 3.63) is 24.3 Å². The van der Waals surface area contributed by atoms with E-state index in [1.165, 1.54) is 25.9 Å². The Bertz CT molecular complexity index is 322. The zero-order valence-corrected chi connectivity index (χ0v) is 11.9. The van der Waals surface area contributed by atoms with E-state index in [-0.39, 0.29) is 0 Å². The minimum atomic E-state index is 0.912. The summed E-state index contributed by atoms with van der Waals surface area (Å²) in [6.45, 7) is 8.87. The van der Waals surface area contributed by atoms with Gasteiger partial charge in [-0.15, -0.1) is 0 Å². The predicted octanol–water partition coefficient (Wildman–Crippen LogP) is 3.23. The molecule has 0 aromatic heterocycles. The molecule has 1 aromatic rings. The highest BCUT2D eigenvalue weighted by atomic mass is 16.5. The zero-order chi connectivity index (χ0) is 13.2. The first-order chi connectivity index (χ1) is 8.81. The monoisotopic (exact) mass is 250 g/mol. The molecule has 0 amide bonds. The summed E-state index contributed by atoms with van der Waals surface area (Å²) in [4.78, 5) is 2.50. The fourth-order valence-corrected chi connectivity index (χ4v) is 2.11. The van der Waals surface area contributed by atoms with Crippen molar-refractivity contribution in [2.24, 2.45) is 0 Å². The molecule has 1 rings (SSSR count). The van der Waals surface area contributed by atoms with Crippen LogP contribution >= 0.6 is 0 Å². The van der Waals surface area contributed by atoms with E-state index < -0.39 is 0 Å². The van der Waals surface area contributed by atoms with Gasteiger partial charge < -0.3 is 15.0 Å². The molecule has 3 nitrogen and oxygen atoms in total. The molecule has 3 heteroatoms. The highest BCUT2D eigenvalue weighted by molar-refractivity contribution is 5.56. The molecule has 0 spiro atoms. The van der Waals surface area contributed by atoms with E-state index in [2.05, 4.69) is 30.1 Å². The van der Waals surface area contributed by atoms with Gasteiger partial charge in [0.1, 0.15) is 5.75 Å². The van der Waals surface area contributed by atoms with Gasteiger partial charge in [-0.1, -0.05) is 26.0 Å². The van der Waals surface area contributed by atoms with Crippen LogP contribution in [0.1, 0.15) is 26.7 Å². The number of hydrogen-bond acceptors (Lipinski definition) is 3. The normalized spacial score (nSPS) is 10.7. The molecule has 1 N–H and O–H groups in total. The van der Waals surface area contributed by atoms with Gasteiger partial charge in [0, 0.05) is 13.1 Å². The third-order valence-electron chi connectivity index (χ3n) is 2.93. The van der Waals surface area contributed by atoms with Crippen molar-refractivity contribution >= 4 is 5.69 Å². The fourth-order valence-electron chi connectivity index (χ4n) is 2.11. The topological polar surface area (TPSA) is 24.5 Å². The molecule has 0 saturated carbocycles. The van der Waals surface area contributed by atoms with Gasteiger partial charge in [-0.25, -0.2) is 0 Å². The van der Waals surface area contributed by atoms with Gasteiger partial charge in [0.2, 0.25) is 0 Å². The lowest BCUT2D eigenvalue weighted by Gasteiger charge is -2.21. The molecule has 0 bridgehead atoms. The van der Waals surface area contributed by atoms with Gasteiger partial charge in [0.25, 0.3) is 0 Å². The maximum Gasteiger partial charge on any atom is 0.141 e. The number of rotatable bonds is 9. The van der Waals surface area contributed by atoms with Crippen LogP contribution in [-0.4, -0.2) is 38.2 Å². The van der Waals surface area contributed by atoms with Gasteiger partial charge in [-0.2, -0.15) is 0 Å². The molecule has 0 radical (unpaired) electrons. The first kappa shape index (κ1) is 14.8. The Labute approximate surface area is 111 Å². The van der Waals surface area contributed by atoms with Crippen LogP contribution < -0.4 is 10.1 Å². The van der Waals surface area contributed by atoms with Gasteiger partial charge >= 0.3 is 0 Å². The minimum Gasteiger partial charge on any atom is -0.495 e. The van der Waals surface area contributed by atoms with E-state index in [4.69, 9.17) is 4.74 Å². The number of nitrogens with zero attached hydrogens (tertiary/aromatic N) is 1. The van der Waals surface area contributed by atoms with Gasteiger partial charge in [0.05, 0.1) is 12.8 Å². The van der Waals surface area contributed by atoms with Crippen LogP contribution in [0.25, 0.3) is 0 Å². The number of nitrogens with one attached hydrogen (secondary N) is 1. The number of anilines is 1. The van der Waals surface area contributed by atoms with Crippen molar-refractivity contribution in [3.63, 3.8) is 0 Å². The Morgan fingerprint density at radius 3 is 2.33 bits per heavy atom. The molecule has 0 unspecified atom stereocenters. The number of hydrogen-bond donors (Lipinski definition) is 1. The Kier molecular flexibility index (Phi) is 7.26. The lowest BCUT2D eigenvalue weighted by Crippen LogP contribution is -2.30. The van der Waals surface area contributed by atoms with Crippen LogP contribution in [0.15, 0.2) is 24.3 Å². The third-order valence-corrected chi connectivity index (χ3v) is 2.93. The maximum absolute atomic E-state index is 5.32. The third kappa shape index (κ3) is 4.96. The van der Waals surface area contributed by atoms with E-state index in [0.717, 1.165) is 24.5 Å². The SMILES string of the molecule is CCCN(CCC)CCNc1ccccc1OC. The first-order valence-electron chi connectivity index (χ1n) is 6.91. The van der Waals surface area contributed by atoms with Crippen molar-refractivity contribution in [1.82, 2.24) is 4.90 Å². The molecular weight excluding hydrogens is 224 g/mol. The van der Waals surface area contributed by atoms with Crippen LogP contribution in [0.5, 0.6) is 5.75 Å². The van der Waals surface area contributed by atoms with E-state index >= 15 is 0 Å². The molecule has 1 aromatic carbocycles. The Hall–Kier alpha value is -1.22. The first-order valence-corrected chi connectivity index (χ1v) is 6.91. The molecule has 0 aliphatic carbocycles. The summed E-state index contributed by atoms with van der Waals surface area (Å²) in [7, 11) is 1.71. The molecule has 0 aliphatic heterocycles. The lowest BCUT2D eigenvalue weighted by molar-refractivity contribution is 0.285. The summed E-state index contributed by atoms with van der Waals surface area (Å²) in [6, 6.07) is 8.06. The van der Waals surface area contributed by atoms with Gasteiger partial charge in [-0.05, 0) is 38.1 Å². The average Bonchev–Trinajstić information content (AvgIpc) is 2.40. The summed E-state index contributed by atoms with van der Waals surface area (Å²) in [5.74, 6) is 0.912. The summed E-state index contributed by atoms with van der Waals surface area (Å²) in [5.41, 5.74) is 1.08. The Morgan fingerprint density at radius 1 is 1.06 bits per heavy atom. The van der Waals surface area contributed by atoms with E-state index in [1.54, 1.807) is 7.11 Å². The second kappa shape index (κ2) is 8.81. The fraction of sp³-hybridized carbons (Fsp3) is 0.600. The van der Waals surface area contributed by atoms with Crippen molar-refractivity contribution in [3.8, 4) is 5.75 Å². The maximum atomic E-state index is 5.32. The number of methoxy groups -OCH3 is 1. The zero-order valence-electron chi connectivity index (χ0n) is 11.9. The number of ether oxygens (including phenoxy) is 1. The van der Waals surface area contributed by atoms with Crippen molar-refractivity contribution < 1.29 is 4.74 Å². The van der Waals surface area contributed by atoms with Gasteiger partial charge in [0.15, 0.2) is 0 Å². The summed E-state index contributed by atoms with van der Waals surface area (Å²) in [5, 5.41) is 3.44. The predicted molar refractivity (Wildman–Crippen MR) is 78.5 cm³/mol. The number of para-hydroxylation sites is 2. The van der Waals surface area contributed by atoms with Crippen LogP contribution in [0.2, 0.25) is 0 Å². The highest BCUT2D eigenvalue weighted by Crippen LogP contribution is 2.22. The van der Waals surface area contributed by atoms with Crippen molar-refractivity contribution in [2.75, 3.05) is 38.6 Å². The quantitative estimate of drug-likeness (QED) is 0.728. The van der Waals surface area contributed by atoms with Crippen LogP contribution in [0.4, 0.5) is 5.69 Å². The second-order valence-electron chi connectivity index (χ2n) is 4.47. The van der Waals surface area contributed by atoms with Crippen LogP contribution in [0, 0.1) is 0 Å². The summed E-state index contributed by atoms with van der Waals surface area (Å²) in [6.07, 6.45) is 2.43. The highest BCUT2D eigenvalue weighted by Gasteiger charge is 2.03. The second-order valence-corrected chi connectivity index (χ2v) is 4.47. The lowest BCUT2D eigenvalue weighted by atomic mass is 10.3. The minimum absolute atomic E-state index is 0.912. The molecule has 0 heterocycles. The Morgan fingerprint density at radius 2 is 1.72 bits per heavy atom. The molecule has 18 heavy (non-hydrogen) atoms. The molecule has 0 atom stereocenters. The number of benzene rings is 1. The van der Waals surface area contributed by atoms with E-state index in [1.807, 2.05) is 18.2 Å². The average molecular weight is 250 g/mol. The van der Waals surface area contributed by atoms with Crippen LogP contribution in [-0.2, 0) is 0 Å². The Balaban J connectivity index is 2.39. The summed E-state index contributed by atoms with van der Waals surface area (Å²) < 4.78 is 5.32.